The molecule has 3 aromatic rings. The van der Waals surface area contributed by atoms with Crippen molar-refractivity contribution in [1.82, 2.24) is 14.7 Å². The summed E-state index contributed by atoms with van der Waals surface area (Å²) in [4.78, 5) is 6.23. The zero-order valence-corrected chi connectivity index (χ0v) is 18.3. The van der Waals surface area contributed by atoms with Gasteiger partial charge in [0.2, 0.25) is 6.19 Å². The van der Waals surface area contributed by atoms with Gasteiger partial charge in [0, 0.05) is 28.7 Å². The lowest BCUT2D eigenvalue weighted by atomic mass is 10.1. The Bertz CT molecular complexity index is 1120. The lowest BCUT2D eigenvalue weighted by Gasteiger charge is -2.28. The average molecular weight is 459 g/mol. The fourth-order valence-corrected chi connectivity index (χ4v) is 4.21. The quantitative estimate of drug-likeness (QED) is 0.266. The van der Waals surface area contributed by atoms with Gasteiger partial charge in [-0.1, -0.05) is 46.9 Å². The molecule has 0 spiro atoms. The Labute approximate surface area is 190 Å². The number of nitriles is 1. The van der Waals surface area contributed by atoms with Crippen LogP contribution in [0.1, 0.15) is 25.0 Å². The molecule has 4 rings (SSSR count). The first kappa shape index (κ1) is 20.7. The molecule has 1 aromatic heterocycles. The van der Waals surface area contributed by atoms with Gasteiger partial charge in [-0.05, 0) is 55.7 Å². The van der Waals surface area contributed by atoms with E-state index in [0.717, 1.165) is 37.2 Å². The number of hydrogen-bond acceptors (Lipinski definition) is 3. The first-order valence-electron chi connectivity index (χ1n) is 9.60. The smallest absolute Gasteiger partial charge is 0.207 e. The van der Waals surface area contributed by atoms with E-state index in [0.29, 0.717) is 32.3 Å². The van der Waals surface area contributed by atoms with Crippen LogP contribution in [0.5, 0.6) is 0 Å². The van der Waals surface area contributed by atoms with Crippen molar-refractivity contribution in [3.05, 3.63) is 69.3 Å². The number of rotatable bonds is 3. The average Bonchev–Trinajstić information content (AvgIpc) is 3.18. The molecule has 2 heterocycles. The molecule has 0 radical (unpaired) electrons. The second-order valence-corrected chi connectivity index (χ2v) is 8.29. The Balaban J connectivity index is 1.87. The monoisotopic (exact) mass is 457 g/mol. The lowest BCUT2D eigenvalue weighted by molar-refractivity contribution is 0.342. The number of piperidine rings is 1. The number of amidine groups is 1. The van der Waals surface area contributed by atoms with Crippen LogP contribution >= 0.6 is 34.8 Å². The Morgan fingerprint density at radius 1 is 0.933 bits per heavy atom. The first-order chi connectivity index (χ1) is 14.6. The highest BCUT2D eigenvalue weighted by atomic mass is 35.5. The minimum absolute atomic E-state index is 0.476. The Morgan fingerprint density at radius 3 is 2.30 bits per heavy atom. The summed E-state index contributed by atoms with van der Waals surface area (Å²) in [7, 11) is 0. The van der Waals surface area contributed by atoms with Crippen molar-refractivity contribution in [2.24, 2.45) is 4.99 Å². The number of aliphatic imine (C=N–C) groups is 1. The number of hydrogen-bond donors (Lipinski definition) is 0. The van der Waals surface area contributed by atoms with Gasteiger partial charge < -0.3 is 4.90 Å². The van der Waals surface area contributed by atoms with Gasteiger partial charge in [-0.15, -0.1) is 0 Å². The largest absolute Gasteiger partial charge is 0.354 e. The van der Waals surface area contributed by atoms with E-state index in [2.05, 4.69) is 9.89 Å². The van der Waals surface area contributed by atoms with Gasteiger partial charge in [-0.3, -0.25) is 0 Å². The Hall–Kier alpha value is -2.52. The SMILES string of the molecule is N#CN=C(c1cc(-c2ccc(Cl)cc2)n(-c2ccc(Cl)cc2Cl)n1)N1CCCCC1. The fourth-order valence-electron chi connectivity index (χ4n) is 3.60. The summed E-state index contributed by atoms with van der Waals surface area (Å²) in [6.45, 7) is 1.71. The third-order valence-corrected chi connectivity index (χ3v) is 5.82. The summed E-state index contributed by atoms with van der Waals surface area (Å²) < 4.78 is 1.76. The highest BCUT2D eigenvalue weighted by Gasteiger charge is 2.22. The molecular formula is C22H18Cl3N5. The zero-order chi connectivity index (χ0) is 21.1. The minimum atomic E-state index is 0.476. The van der Waals surface area contributed by atoms with Gasteiger partial charge >= 0.3 is 0 Å². The molecule has 0 aliphatic carbocycles. The summed E-state index contributed by atoms with van der Waals surface area (Å²) in [6, 6.07) is 14.7. The number of aromatic nitrogens is 2. The number of benzene rings is 2. The summed E-state index contributed by atoms with van der Waals surface area (Å²) in [5.41, 5.74) is 3.04. The summed E-state index contributed by atoms with van der Waals surface area (Å²) in [6.07, 6.45) is 5.25. The predicted molar refractivity (Wildman–Crippen MR) is 122 cm³/mol. The third-order valence-electron chi connectivity index (χ3n) is 5.03. The van der Waals surface area contributed by atoms with Gasteiger partial charge in [0.25, 0.3) is 0 Å². The molecule has 1 saturated heterocycles. The van der Waals surface area contributed by atoms with Gasteiger partial charge in [-0.2, -0.15) is 15.4 Å². The zero-order valence-electron chi connectivity index (χ0n) is 16.0. The summed E-state index contributed by atoms with van der Waals surface area (Å²) >= 11 is 18.7. The summed E-state index contributed by atoms with van der Waals surface area (Å²) in [5, 5.41) is 15.8. The topological polar surface area (TPSA) is 57.2 Å². The standard InChI is InChI=1S/C22H18Cl3N5/c23-16-6-4-15(5-7-16)21-13-19(22(27-14-26)29-10-2-1-3-11-29)28-30(21)20-9-8-17(24)12-18(20)25/h4-9,12-13H,1-3,10-11H2. The van der Waals surface area contributed by atoms with Crippen LogP contribution in [-0.4, -0.2) is 33.6 Å². The van der Waals surface area contributed by atoms with Crippen molar-refractivity contribution < 1.29 is 0 Å². The van der Waals surface area contributed by atoms with Crippen LogP contribution in [-0.2, 0) is 0 Å². The van der Waals surface area contributed by atoms with E-state index in [1.165, 1.54) is 6.42 Å². The van der Waals surface area contributed by atoms with Gasteiger partial charge in [-0.25, -0.2) is 4.68 Å². The van der Waals surface area contributed by atoms with Crippen molar-refractivity contribution in [3.63, 3.8) is 0 Å². The van der Waals surface area contributed by atoms with Crippen LogP contribution in [0.4, 0.5) is 0 Å². The van der Waals surface area contributed by atoms with Crippen LogP contribution in [0.2, 0.25) is 15.1 Å². The maximum absolute atomic E-state index is 9.29. The van der Waals surface area contributed by atoms with Crippen LogP contribution in [0.3, 0.4) is 0 Å². The highest BCUT2D eigenvalue weighted by Crippen LogP contribution is 2.31. The van der Waals surface area contributed by atoms with Crippen LogP contribution in [0.25, 0.3) is 16.9 Å². The van der Waals surface area contributed by atoms with Crippen LogP contribution in [0.15, 0.2) is 53.5 Å². The van der Waals surface area contributed by atoms with Gasteiger partial charge in [0.1, 0.15) is 5.69 Å². The lowest BCUT2D eigenvalue weighted by Crippen LogP contribution is -2.36. The van der Waals surface area contributed by atoms with Crippen molar-refractivity contribution >= 4 is 40.6 Å². The Morgan fingerprint density at radius 2 is 1.63 bits per heavy atom. The van der Waals surface area contributed by atoms with E-state index >= 15 is 0 Å². The number of halogens is 3. The molecule has 0 N–H and O–H groups in total. The van der Waals surface area contributed by atoms with E-state index in [-0.39, 0.29) is 0 Å². The molecule has 0 bridgehead atoms. The molecule has 1 aliphatic rings. The molecule has 1 aliphatic heterocycles. The van der Waals surface area contributed by atoms with E-state index in [4.69, 9.17) is 39.9 Å². The second-order valence-electron chi connectivity index (χ2n) is 7.01. The van der Waals surface area contributed by atoms with Crippen molar-refractivity contribution in [2.45, 2.75) is 19.3 Å². The molecule has 1 fully saturated rings. The third kappa shape index (κ3) is 4.32. The predicted octanol–water partition coefficient (Wildman–Crippen LogP) is 6.21. The minimum Gasteiger partial charge on any atom is -0.354 e. The van der Waals surface area contributed by atoms with Gasteiger partial charge in [0.05, 0.1) is 16.4 Å². The van der Waals surface area contributed by atoms with E-state index in [1.807, 2.05) is 42.6 Å². The molecule has 30 heavy (non-hydrogen) atoms. The molecule has 0 unspecified atom stereocenters. The van der Waals surface area contributed by atoms with Crippen LogP contribution in [0, 0.1) is 11.5 Å². The van der Waals surface area contributed by atoms with Crippen molar-refractivity contribution in [2.75, 3.05) is 13.1 Å². The second kappa shape index (κ2) is 9.09. The number of nitrogens with zero attached hydrogens (tertiary/aromatic N) is 5. The Kier molecular flexibility index (Phi) is 6.29. The first-order valence-corrected chi connectivity index (χ1v) is 10.7. The maximum Gasteiger partial charge on any atom is 0.207 e. The highest BCUT2D eigenvalue weighted by molar-refractivity contribution is 6.35. The molecule has 0 saturated carbocycles. The molecule has 0 amide bonds. The molecule has 0 atom stereocenters. The van der Waals surface area contributed by atoms with Gasteiger partial charge in [0.15, 0.2) is 5.84 Å². The maximum atomic E-state index is 9.29. The van der Waals surface area contributed by atoms with E-state index in [9.17, 15) is 5.26 Å². The fraction of sp³-hybridized carbons (Fsp3) is 0.227. The summed E-state index contributed by atoms with van der Waals surface area (Å²) in [5.74, 6) is 0.580. The molecular weight excluding hydrogens is 441 g/mol. The van der Waals surface area contributed by atoms with E-state index in [1.54, 1.807) is 16.8 Å². The molecule has 5 nitrogen and oxygen atoms in total. The van der Waals surface area contributed by atoms with Crippen molar-refractivity contribution in [3.8, 4) is 23.1 Å². The normalized spacial score (nSPS) is 14.6. The molecule has 2 aromatic carbocycles. The molecule has 152 valence electrons. The van der Waals surface area contributed by atoms with Crippen molar-refractivity contribution in [1.29, 1.82) is 5.26 Å². The van der Waals surface area contributed by atoms with Crippen LogP contribution < -0.4 is 0 Å². The number of likely N-dealkylation sites (tertiary alicyclic amines) is 1. The van der Waals surface area contributed by atoms with E-state index < -0.39 is 0 Å². The molecule has 8 heteroatoms.